The highest BCUT2D eigenvalue weighted by molar-refractivity contribution is 5.87. The molecular weight excluding hydrogens is 236 g/mol. The predicted molar refractivity (Wildman–Crippen MR) is 62.7 cm³/mol. The molecule has 2 rings (SSSR count). The highest BCUT2D eigenvalue weighted by Gasteiger charge is 2.13. The van der Waals surface area contributed by atoms with Gasteiger partial charge in [-0.3, -0.25) is 4.79 Å². The van der Waals surface area contributed by atoms with Crippen molar-refractivity contribution in [3.05, 3.63) is 51.3 Å². The average Bonchev–Trinajstić information content (AvgIpc) is 2.69. The van der Waals surface area contributed by atoms with Crippen LogP contribution in [0.1, 0.15) is 27.5 Å². The van der Waals surface area contributed by atoms with Gasteiger partial charge in [-0.25, -0.2) is 4.79 Å². The van der Waals surface area contributed by atoms with Crippen molar-refractivity contribution in [1.29, 1.82) is 0 Å². The summed E-state index contributed by atoms with van der Waals surface area (Å²) in [7, 11) is 0. The Labute approximate surface area is 102 Å². The minimum atomic E-state index is -1.23. The van der Waals surface area contributed by atoms with E-state index in [1.165, 1.54) is 10.6 Å². The topological polar surface area (TPSA) is 85.3 Å². The zero-order chi connectivity index (χ0) is 13.3. The summed E-state index contributed by atoms with van der Waals surface area (Å²) in [6, 6.07) is 4.61. The molecule has 0 aliphatic carbocycles. The van der Waals surface area contributed by atoms with Crippen LogP contribution in [-0.2, 0) is 6.54 Å². The molecule has 0 atom stereocenters. The molecule has 0 spiro atoms. The zero-order valence-corrected chi connectivity index (χ0v) is 10.0. The highest BCUT2D eigenvalue weighted by Crippen LogP contribution is 2.06. The summed E-state index contributed by atoms with van der Waals surface area (Å²) in [5.74, 6) is -0.720. The van der Waals surface area contributed by atoms with E-state index < -0.39 is 11.5 Å². The Hall–Kier alpha value is -2.37. The van der Waals surface area contributed by atoms with Gasteiger partial charge in [-0.05, 0) is 26.0 Å². The third kappa shape index (κ3) is 2.17. The molecule has 0 aromatic carbocycles. The second-order valence-electron chi connectivity index (χ2n) is 4.02. The lowest BCUT2D eigenvalue weighted by molar-refractivity contribution is 0.0694. The van der Waals surface area contributed by atoms with Gasteiger partial charge in [-0.1, -0.05) is 5.16 Å². The van der Waals surface area contributed by atoms with Crippen LogP contribution in [-0.4, -0.2) is 20.8 Å². The number of aryl methyl sites for hydroxylation is 2. The lowest BCUT2D eigenvalue weighted by Gasteiger charge is -2.08. The van der Waals surface area contributed by atoms with Gasteiger partial charge in [0.2, 0.25) is 0 Å². The van der Waals surface area contributed by atoms with Crippen molar-refractivity contribution < 1.29 is 14.4 Å². The van der Waals surface area contributed by atoms with Crippen molar-refractivity contribution in [3.8, 4) is 0 Å². The minimum absolute atomic E-state index is 0.173. The monoisotopic (exact) mass is 248 g/mol. The van der Waals surface area contributed by atoms with Gasteiger partial charge in [-0.2, -0.15) is 0 Å². The van der Waals surface area contributed by atoms with Gasteiger partial charge in [0.05, 0.1) is 12.2 Å². The van der Waals surface area contributed by atoms with E-state index in [0.717, 1.165) is 0 Å². The molecule has 6 heteroatoms. The molecule has 0 radical (unpaired) electrons. The standard InChI is InChI=1S/C12H12N2O4/c1-7-5-9(18-13-7)6-14-8(2)3-4-10(11(14)15)12(16)17/h3-5H,6H2,1-2H3,(H,16,17). The Balaban J connectivity index is 2.47. The van der Waals surface area contributed by atoms with Gasteiger partial charge in [0.15, 0.2) is 5.76 Å². The number of nitrogens with zero attached hydrogens (tertiary/aromatic N) is 2. The minimum Gasteiger partial charge on any atom is -0.477 e. The van der Waals surface area contributed by atoms with Crippen LogP contribution in [0.4, 0.5) is 0 Å². The van der Waals surface area contributed by atoms with Crippen LogP contribution in [0.25, 0.3) is 0 Å². The lowest BCUT2D eigenvalue weighted by Crippen LogP contribution is -2.28. The van der Waals surface area contributed by atoms with Crippen molar-refractivity contribution in [2.24, 2.45) is 0 Å². The Morgan fingerprint density at radius 2 is 2.17 bits per heavy atom. The van der Waals surface area contributed by atoms with Crippen LogP contribution < -0.4 is 5.56 Å². The second-order valence-corrected chi connectivity index (χ2v) is 4.02. The molecule has 94 valence electrons. The SMILES string of the molecule is Cc1cc(Cn2c(C)ccc(C(=O)O)c2=O)on1. The molecule has 0 saturated heterocycles. The summed E-state index contributed by atoms with van der Waals surface area (Å²) in [6.07, 6.45) is 0. The molecule has 0 saturated carbocycles. The van der Waals surface area contributed by atoms with Crippen molar-refractivity contribution in [2.75, 3.05) is 0 Å². The van der Waals surface area contributed by atoms with Crippen LogP contribution in [0.2, 0.25) is 0 Å². The van der Waals surface area contributed by atoms with E-state index in [9.17, 15) is 9.59 Å². The van der Waals surface area contributed by atoms with E-state index in [1.807, 2.05) is 0 Å². The summed E-state index contributed by atoms with van der Waals surface area (Å²) >= 11 is 0. The van der Waals surface area contributed by atoms with Crippen molar-refractivity contribution in [1.82, 2.24) is 9.72 Å². The fourth-order valence-electron chi connectivity index (χ4n) is 1.68. The van der Waals surface area contributed by atoms with Gasteiger partial charge in [0, 0.05) is 11.8 Å². The number of carboxylic acids is 1. The van der Waals surface area contributed by atoms with Gasteiger partial charge in [-0.15, -0.1) is 0 Å². The first kappa shape index (κ1) is 12.1. The maximum atomic E-state index is 12.0. The van der Waals surface area contributed by atoms with E-state index in [-0.39, 0.29) is 12.1 Å². The molecule has 2 aromatic rings. The smallest absolute Gasteiger partial charge is 0.341 e. The fourth-order valence-corrected chi connectivity index (χ4v) is 1.68. The van der Waals surface area contributed by atoms with Gasteiger partial charge < -0.3 is 14.2 Å². The third-order valence-corrected chi connectivity index (χ3v) is 2.61. The van der Waals surface area contributed by atoms with E-state index in [4.69, 9.17) is 9.63 Å². The summed E-state index contributed by atoms with van der Waals surface area (Å²) in [5.41, 5.74) is 0.581. The number of carboxylic acid groups (broad SMARTS) is 1. The number of aromatic nitrogens is 2. The van der Waals surface area contributed by atoms with E-state index in [0.29, 0.717) is 17.1 Å². The van der Waals surface area contributed by atoms with Gasteiger partial charge in [0.25, 0.3) is 5.56 Å². The Morgan fingerprint density at radius 1 is 1.44 bits per heavy atom. The summed E-state index contributed by atoms with van der Waals surface area (Å²) < 4.78 is 6.37. The first-order valence-corrected chi connectivity index (χ1v) is 5.35. The number of pyridine rings is 1. The number of carbonyl (C=O) groups is 1. The summed E-state index contributed by atoms with van der Waals surface area (Å²) in [4.78, 5) is 22.9. The molecule has 18 heavy (non-hydrogen) atoms. The van der Waals surface area contributed by atoms with Crippen LogP contribution in [0, 0.1) is 13.8 Å². The molecule has 1 N–H and O–H groups in total. The van der Waals surface area contributed by atoms with Crippen LogP contribution in [0.5, 0.6) is 0 Å². The summed E-state index contributed by atoms with van der Waals surface area (Å²) in [6.45, 7) is 3.68. The molecule has 0 aliphatic rings. The number of aromatic carboxylic acids is 1. The van der Waals surface area contributed by atoms with Crippen LogP contribution >= 0.6 is 0 Å². The first-order valence-electron chi connectivity index (χ1n) is 5.35. The van der Waals surface area contributed by atoms with E-state index in [1.54, 1.807) is 26.0 Å². The molecule has 0 amide bonds. The molecule has 0 fully saturated rings. The van der Waals surface area contributed by atoms with E-state index >= 15 is 0 Å². The second kappa shape index (κ2) is 4.48. The van der Waals surface area contributed by atoms with Crippen LogP contribution in [0.15, 0.2) is 27.5 Å². The van der Waals surface area contributed by atoms with Gasteiger partial charge >= 0.3 is 5.97 Å². The Kier molecular flexibility index (Phi) is 3.01. The lowest BCUT2D eigenvalue weighted by atomic mass is 10.2. The third-order valence-electron chi connectivity index (χ3n) is 2.61. The van der Waals surface area contributed by atoms with Crippen molar-refractivity contribution in [3.63, 3.8) is 0 Å². The molecule has 0 unspecified atom stereocenters. The molecule has 2 aromatic heterocycles. The molecule has 0 bridgehead atoms. The fraction of sp³-hybridized carbons (Fsp3) is 0.250. The van der Waals surface area contributed by atoms with Crippen LogP contribution in [0.3, 0.4) is 0 Å². The normalized spacial score (nSPS) is 10.6. The maximum absolute atomic E-state index is 12.0. The molecular formula is C12H12N2O4. The number of hydrogen-bond acceptors (Lipinski definition) is 4. The Bertz CT molecular complexity index is 654. The molecule has 6 nitrogen and oxygen atoms in total. The molecule has 2 heterocycles. The predicted octanol–water partition coefficient (Wildman–Crippen LogP) is 1.20. The summed E-state index contributed by atoms with van der Waals surface area (Å²) in [5, 5.41) is 12.6. The molecule has 0 aliphatic heterocycles. The highest BCUT2D eigenvalue weighted by atomic mass is 16.5. The van der Waals surface area contributed by atoms with Gasteiger partial charge in [0.1, 0.15) is 5.56 Å². The number of rotatable bonds is 3. The quantitative estimate of drug-likeness (QED) is 0.882. The Morgan fingerprint density at radius 3 is 2.72 bits per heavy atom. The van der Waals surface area contributed by atoms with Crippen molar-refractivity contribution >= 4 is 5.97 Å². The first-order chi connectivity index (χ1) is 8.49. The van der Waals surface area contributed by atoms with Crippen molar-refractivity contribution in [2.45, 2.75) is 20.4 Å². The average molecular weight is 248 g/mol. The zero-order valence-electron chi connectivity index (χ0n) is 10.0. The maximum Gasteiger partial charge on any atom is 0.341 e. The van der Waals surface area contributed by atoms with E-state index in [2.05, 4.69) is 5.16 Å². The number of hydrogen-bond donors (Lipinski definition) is 1. The largest absolute Gasteiger partial charge is 0.477 e.